The van der Waals surface area contributed by atoms with Crippen molar-refractivity contribution >= 4 is 17.3 Å². The summed E-state index contributed by atoms with van der Waals surface area (Å²) in [5, 5.41) is 0. The number of Topliss-reactive ketones (excluding diaryl/α,β-unsaturated/α-hetero) is 1. The van der Waals surface area contributed by atoms with Crippen LogP contribution in [0.1, 0.15) is 36.1 Å². The van der Waals surface area contributed by atoms with Crippen LogP contribution in [0, 0.1) is 12.3 Å². The zero-order valence-electron chi connectivity index (χ0n) is 7.84. The van der Waals surface area contributed by atoms with E-state index >= 15 is 0 Å². The molecule has 0 N–H and O–H groups in total. The largest absolute Gasteiger partial charge is 0.292 e. The Hall–Kier alpha value is -0.700. The SMILES string of the molecule is Cc1cc(C(=O)C(C)(C)C)ns1. The highest BCUT2D eigenvalue weighted by atomic mass is 32.1. The Morgan fingerprint density at radius 2 is 2.08 bits per heavy atom. The van der Waals surface area contributed by atoms with Crippen molar-refractivity contribution in [1.29, 1.82) is 0 Å². The van der Waals surface area contributed by atoms with E-state index in [1.54, 1.807) is 0 Å². The fraction of sp³-hybridized carbons (Fsp3) is 0.556. The minimum Gasteiger partial charge on any atom is -0.292 e. The van der Waals surface area contributed by atoms with E-state index in [0.29, 0.717) is 5.69 Å². The van der Waals surface area contributed by atoms with Crippen molar-refractivity contribution in [2.75, 3.05) is 0 Å². The number of rotatable bonds is 1. The van der Waals surface area contributed by atoms with Crippen molar-refractivity contribution in [3.63, 3.8) is 0 Å². The lowest BCUT2D eigenvalue weighted by Crippen LogP contribution is -2.20. The predicted molar refractivity (Wildman–Crippen MR) is 50.6 cm³/mol. The van der Waals surface area contributed by atoms with Gasteiger partial charge >= 0.3 is 0 Å². The number of carbonyl (C=O) groups is 1. The van der Waals surface area contributed by atoms with Crippen LogP contribution in [-0.2, 0) is 0 Å². The normalized spacial score (nSPS) is 11.7. The fourth-order valence-corrected chi connectivity index (χ4v) is 1.40. The van der Waals surface area contributed by atoms with Crippen LogP contribution in [0.2, 0.25) is 0 Å². The number of hydrogen-bond donors (Lipinski definition) is 0. The lowest BCUT2D eigenvalue weighted by atomic mass is 9.89. The molecular weight excluding hydrogens is 170 g/mol. The average molecular weight is 183 g/mol. The van der Waals surface area contributed by atoms with Crippen molar-refractivity contribution in [2.45, 2.75) is 27.7 Å². The molecule has 1 heterocycles. The molecule has 0 unspecified atom stereocenters. The Morgan fingerprint density at radius 3 is 2.42 bits per heavy atom. The van der Waals surface area contributed by atoms with Gasteiger partial charge < -0.3 is 0 Å². The lowest BCUT2D eigenvalue weighted by molar-refractivity contribution is 0.0854. The standard InChI is InChI=1S/C9H13NOS/c1-6-5-7(10-12-6)8(11)9(2,3)4/h5H,1-4H3. The fourth-order valence-electron chi connectivity index (χ4n) is 0.858. The molecule has 0 radical (unpaired) electrons. The van der Waals surface area contributed by atoms with Gasteiger partial charge in [0.25, 0.3) is 0 Å². The lowest BCUT2D eigenvalue weighted by Gasteiger charge is -2.13. The molecule has 0 aliphatic carbocycles. The molecule has 1 aromatic rings. The minimum absolute atomic E-state index is 0.117. The van der Waals surface area contributed by atoms with Crippen molar-refractivity contribution in [1.82, 2.24) is 4.37 Å². The maximum absolute atomic E-state index is 11.6. The second-order valence-corrected chi connectivity index (χ2v) is 4.91. The first-order valence-corrected chi connectivity index (χ1v) is 4.67. The third kappa shape index (κ3) is 1.91. The molecule has 0 aliphatic rings. The van der Waals surface area contributed by atoms with E-state index in [1.807, 2.05) is 33.8 Å². The Labute approximate surface area is 76.8 Å². The van der Waals surface area contributed by atoms with Gasteiger partial charge in [-0.1, -0.05) is 20.8 Å². The van der Waals surface area contributed by atoms with Crippen LogP contribution in [0.4, 0.5) is 0 Å². The minimum atomic E-state index is -0.319. The molecule has 66 valence electrons. The summed E-state index contributed by atoms with van der Waals surface area (Å²) in [5.74, 6) is 0.117. The molecule has 0 spiro atoms. The van der Waals surface area contributed by atoms with E-state index in [-0.39, 0.29) is 11.2 Å². The molecule has 1 rings (SSSR count). The van der Waals surface area contributed by atoms with E-state index in [0.717, 1.165) is 4.88 Å². The van der Waals surface area contributed by atoms with Gasteiger partial charge in [0.05, 0.1) is 0 Å². The van der Waals surface area contributed by atoms with Gasteiger partial charge in [0.1, 0.15) is 5.69 Å². The second-order valence-electron chi connectivity index (χ2n) is 3.90. The third-order valence-corrected chi connectivity index (χ3v) is 2.24. The third-order valence-electron chi connectivity index (χ3n) is 1.54. The van der Waals surface area contributed by atoms with Crippen molar-refractivity contribution in [2.24, 2.45) is 5.41 Å². The zero-order chi connectivity index (χ0) is 9.35. The Kier molecular flexibility index (Phi) is 2.33. The summed E-state index contributed by atoms with van der Waals surface area (Å²) >= 11 is 1.38. The van der Waals surface area contributed by atoms with Gasteiger partial charge in [-0.15, -0.1) is 0 Å². The van der Waals surface area contributed by atoms with E-state index in [1.165, 1.54) is 11.5 Å². The molecule has 12 heavy (non-hydrogen) atoms. The molecule has 0 saturated heterocycles. The number of hydrogen-bond acceptors (Lipinski definition) is 3. The number of ketones is 1. The van der Waals surface area contributed by atoms with E-state index in [4.69, 9.17) is 0 Å². The topological polar surface area (TPSA) is 30.0 Å². The summed E-state index contributed by atoms with van der Waals surface area (Å²) < 4.78 is 4.07. The van der Waals surface area contributed by atoms with Gasteiger partial charge in [-0.25, -0.2) is 0 Å². The maximum atomic E-state index is 11.6. The van der Waals surface area contributed by atoms with Gasteiger partial charge in [0, 0.05) is 10.3 Å². The van der Waals surface area contributed by atoms with E-state index < -0.39 is 0 Å². The summed E-state index contributed by atoms with van der Waals surface area (Å²) in [6.45, 7) is 7.68. The molecule has 0 aliphatic heterocycles. The van der Waals surface area contributed by atoms with Crippen LogP contribution in [0.5, 0.6) is 0 Å². The Balaban J connectivity index is 2.93. The smallest absolute Gasteiger partial charge is 0.187 e. The molecule has 0 aromatic carbocycles. The molecule has 3 heteroatoms. The Bertz CT molecular complexity index is 296. The Morgan fingerprint density at radius 1 is 1.50 bits per heavy atom. The van der Waals surface area contributed by atoms with Crippen molar-refractivity contribution in [3.05, 3.63) is 16.6 Å². The van der Waals surface area contributed by atoms with Crippen LogP contribution in [-0.4, -0.2) is 10.2 Å². The van der Waals surface area contributed by atoms with Crippen LogP contribution < -0.4 is 0 Å². The summed E-state index contributed by atoms with van der Waals surface area (Å²) in [5.41, 5.74) is 0.283. The first-order valence-electron chi connectivity index (χ1n) is 3.89. The number of nitrogens with zero attached hydrogens (tertiary/aromatic N) is 1. The van der Waals surface area contributed by atoms with Gasteiger partial charge in [-0.05, 0) is 24.5 Å². The van der Waals surface area contributed by atoms with Crippen LogP contribution in [0.25, 0.3) is 0 Å². The molecule has 0 fully saturated rings. The summed E-state index contributed by atoms with van der Waals surface area (Å²) in [6, 6.07) is 1.85. The van der Waals surface area contributed by atoms with Gasteiger partial charge in [-0.3, -0.25) is 4.79 Å². The van der Waals surface area contributed by atoms with Gasteiger partial charge in [0.2, 0.25) is 0 Å². The van der Waals surface area contributed by atoms with Gasteiger partial charge in [-0.2, -0.15) is 4.37 Å². The highest BCUT2D eigenvalue weighted by Crippen LogP contribution is 2.21. The highest BCUT2D eigenvalue weighted by molar-refractivity contribution is 7.05. The van der Waals surface area contributed by atoms with Crippen molar-refractivity contribution < 1.29 is 4.79 Å². The monoisotopic (exact) mass is 183 g/mol. The van der Waals surface area contributed by atoms with Gasteiger partial charge in [0.15, 0.2) is 5.78 Å². The molecule has 0 bridgehead atoms. The first kappa shape index (κ1) is 9.39. The number of carbonyl (C=O) groups excluding carboxylic acids is 1. The summed E-state index contributed by atoms with van der Waals surface area (Å²) in [7, 11) is 0. The molecule has 1 aromatic heterocycles. The summed E-state index contributed by atoms with van der Waals surface area (Å²) in [6.07, 6.45) is 0. The highest BCUT2D eigenvalue weighted by Gasteiger charge is 2.24. The average Bonchev–Trinajstić information content (AvgIpc) is 2.32. The van der Waals surface area contributed by atoms with E-state index in [2.05, 4.69) is 4.37 Å². The zero-order valence-corrected chi connectivity index (χ0v) is 8.66. The first-order chi connectivity index (χ1) is 5.41. The summed E-state index contributed by atoms with van der Waals surface area (Å²) in [4.78, 5) is 12.7. The second kappa shape index (κ2) is 2.98. The molecule has 0 atom stereocenters. The number of aromatic nitrogens is 1. The maximum Gasteiger partial charge on any atom is 0.187 e. The molecular formula is C9H13NOS. The molecule has 2 nitrogen and oxygen atoms in total. The quantitative estimate of drug-likeness (QED) is 0.626. The molecule has 0 amide bonds. The van der Waals surface area contributed by atoms with Crippen LogP contribution >= 0.6 is 11.5 Å². The number of aryl methyl sites for hydroxylation is 1. The molecule has 0 saturated carbocycles. The van der Waals surface area contributed by atoms with E-state index in [9.17, 15) is 4.79 Å². The van der Waals surface area contributed by atoms with Crippen LogP contribution in [0.3, 0.4) is 0 Å². The van der Waals surface area contributed by atoms with Crippen molar-refractivity contribution in [3.8, 4) is 0 Å². The predicted octanol–water partition coefficient (Wildman–Crippen LogP) is 2.68. The van der Waals surface area contributed by atoms with Crippen LogP contribution in [0.15, 0.2) is 6.07 Å².